The van der Waals surface area contributed by atoms with E-state index in [2.05, 4.69) is 92.0 Å². The van der Waals surface area contributed by atoms with Gasteiger partial charge in [-0.15, -0.1) is 0 Å². The van der Waals surface area contributed by atoms with Crippen molar-refractivity contribution in [2.24, 2.45) is 0 Å². The number of quaternary nitrogens is 1. The summed E-state index contributed by atoms with van der Waals surface area (Å²) in [6, 6.07) is 32.8. The molecule has 0 bridgehead atoms. The Bertz CT molecular complexity index is 1410. The van der Waals surface area contributed by atoms with Crippen LogP contribution in [0.1, 0.15) is 16.7 Å². The third-order valence-corrected chi connectivity index (χ3v) is 6.36. The predicted octanol–water partition coefficient (Wildman–Crippen LogP) is 6.17. The van der Waals surface area contributed by atoms with Crippen molar-refractivity contribution in [3.8, 4) is 5.75 Å². The number of benzene rings is 4. The Labute approximate surface area is 242 Å². The first kappa shape index (κ1) is 31.3. The molecule has 12 nitrogen and oxygen atoms in total. The molecule has 0 radical (unpaired) electrons. The number of hydrogen-bond donors (Lipinski definition) is 1. The van der Waals surface area contributed by atoms with Crippen molar-refractivity contribution in [2.45, 2.75) is 19.7 Å². The fourth-order valence-corrected chi connectivity index (χ4v) is 4.29. The quantitative estimate of drug-likeness (QED) is 0.0909. The first-order chi connectivity index (χ1) is 20.1. The van der Waals surface area contributed by atoms with E-state index in [1.54, 1.807) is 0 Å². The van der Waals surface area contributed by atoms with E-state index in [1.165, 1.54) is 16.7 Å². The fourth-order valence-electron chi connectivity index (χ4n) is 4.29. The van der Waals surface area contributed by atoms with Crippen molar-refractivity contribution in [3.05, 3.63) is 150 Å². The number of likely N-dealkylation sites (N-methyl/N-ethyl adjacent to an activating group) is 1. The third kappa shape index (κ3) is 9.47. The highest BCUT2D eigenvalue weighted by Crippen LogP contribution is 2.39. The average Bonchev–Trinajstić information content (AvgIpc) is 2.97. The molecule has 0 aliphatic carbocycles. The van der Waals surface area contributed by atoms with Gasteiger partial charge in [-0.2, -0.15) is 0 Å². The van der Waals surface area contributed by atoms with Crippen LogP contribution in [0.15, 0.2) is 103 Å². The molecule has 4 aromatic carbocycles. The zero-order valence-corrected chi connectivity index (χ0v) is 22.9. The van der Waals surface area contributed by atoms with E-state index in [4.69, 9.17) is 9.84 Å². The highest BCUT2D eigenvalue weighted by molar-refractivity contribution is 5.64. The molecule has 218 valence electrons. The molecule has 42 heavy (non-hydrogen) atoms. The third-order valence-electron chi connectivity index (χ3n) is 6.36. The lowest BCUT2D eigenvalue weighted by Crippen LogP contribution is -2.44. The summed E-state index contributed by atoms with van der Waals surface area (Å²) in [4.78, 5) is 27.8. The summed E-state index contributed by atoms with van der Waals surface area (Å²) in [6.07, 6.45) is 0. The monoisotopic (exact) mass is 575 g/mol. The molecule has 0 aromatic heterocycles. The summed E-state index contributed by atoms with van der Waals surface area (Å²) in [5.74, 6) is -1.21. The van der Waals surface area contributed by atoms with Crippen molar-refractivity contribution in [1.29, 1.82) is 0 Å². The molecule has 1 N–H and O–H groups in total. The zero-order valence-electron chi connectivity index (χ0n) is 22.9. The van der Waals surface area contributed by atoms with Crippen LogP contribution in [0, 0.1) is 30.3 Å². The first-order valence-electron chi connectivity index (χ1n) is 12.9. The number of ether oxygens (including phenoxy) is 1. The SMILES string of the molecule is C[N+](CCOCc1ccccc1)(Cc1ccccc1)Cc1ccccc1.O=[N+]([O-])c1cc([N+](=O)[O-])c(O)c([N+](=O)[O-])c1. The summed E-state index contributed by atoms with van der Waals surface area (Å²) in [6.45, 7) is 4.42. The number of phenols is 1. The average molecular weight is 576 g/mol. The van der Waals surface area contributed by atoms with Gasteiger partial charge in [-0.1, -0.05) is 91.0 Å². The minimum atomic E-state index is -1.21. The van der Waals surface area contributed by atoms with Crippen LogP contribution in [-0.4, -0.2) is 44.6 Å². The summed E-state index contributed by atoms with van der Waals surface area (Å²) < 4.78 is 6.91. The maximum absolute atomic E-state index is 10.4. The Morgan fingerprint density at radius 3 is 1.45 bits per heavy atom. The van der Waals surface area contributed by atoms with Gasteiger partial charge in [0.05, 0.1) is 47.2 Å². The van der Waals surface area contributed by atoms with Crippen LogP contribution >= 0.6 is 0 Å². The highest BCUT2D eigenvalue weighted by Gasteiger charge is 2.30. The zero-order chi connectivity index (χ0) is 30.5. The molecule has 0 aliphatic heterocycles. The minimum absolute atomic E-state index is 0.447. The molecule has 0 aliphatic rings. The fraction of sp³-hybridized carbons (Fsp3) is 0.200. The van der Waals surface area contributed by atoms with Gasteiger partial charge in [0.15, 0.2) is 0 Å². The molecule has 12 heteroatoms. The van der Waals surface area contributed by atoms with Crippen LogP contribution in [0.4, 0.5) is 17.1 Å². The summed E-state index contributed by atoms with van der Waals surface area (Å²) in [5.41, 5.74) is 0.966. The number of nitrogens with zero attached hydrogens (tertiary/aromatic N) is 4. The number of hydrogen-bond acceptors (Lipinski definition) is 8. The number of nitro benzene ring substituents is 3. The molecule has 0 saturated heterocycles. The van der Waals surface area contributed by atoms with Gasteiger partial charge in [0.25, 0.3) is 11.4 Å². The van der Waals surface area contributed by atoms with Crippen molar-refractivity contribution < 1.29 is 29.1 Å². The number of non-ortho nitro benzene ring substituents is 1. The lowest BCUT2D eigenvalue weighted by Gasteiger charge is -2.35. The van der Waals surface area contributed by atoms with Gasteiger partial charge in [-0.25, -0.2) is 0 Å². The van der Waals surface area contributed by atoms with Gasteiger partial charge in [0, 0.05) is 11.1 Å². The molecule has 0 fully saturated rings. The standard InChI is InChI=1S/C24H28NO.C6H3N3O7/c1-25(19-22-11-5-2-6-12-22,20-23-13-7-3-8-14-23)17-18-26-21-24-15-9-4-10-16-24;10-6-4(8(13)14)1-3(7(11)12)2-5(6)9(15)16/h2-16H,17-21H2,1H3;1-2,10H/q+1;. The van der Waals surface area contributed by atoms with Crippen molar-refractivity contribution in [3.63, 3.8) is 0 Å². The largest absolute Gasteiger partial charge is 0.497 e. The Hall–Kier alpha value is -5.20. The van der Waals surface area contributed by atoms with E-state index in [9.17, 15) is 30.3 Å². The van der Waals surface area contributed by atoms with Crippen LogP contribution in [0.5, 0.6) is 5.75 Å². The van der Waals surface area contributed by atoms with Gasteiger partial charge >= 0.3 is 11.4 Å². The smallest absolute Gasteiger partial charge is 0.324 e. The van der Waals surface area contributed by atoms with E-state index in [-0.39, 0.29) is 0 Å². The van der Waals surface area contributed by atoms with E-state index >= 15 is 0 Å². The number of nitro groups is 3. The molecule has 0 saturated carbocycles. The topological polar surface area (TPSA) is 159 Å². The number of rotatable bonds is 12. The van der Waals surface area contributed by atoms with Gasteiger partial charge < -0.3 is 14.3 Å². The lowest BCUT2D eigenvalue weighted by molar-refractivity contribution is -0.935. The van der Waals surface area contributed by atoms with Crippen LogP contribution in [-0.2, 0) is 24.4 Å². The summed E-state index contributed by atoms with van der Waals surface area (Å²) >= 11 is 0. The maximum Gasteiger partial charge on any atom is 0.324 e. The van der Waals surface area contributed by atoms with E-state index in [0.29, 0.717) is 18.7 Å². The first-order valence-corrected chi connectivity index (χ1v) is 12.9. The molecule has 0 spiro atoms. The highest BCUT2D eigenvalue weighted by atomic mass is 16.6. The molecule has 0 heterocycles. The molecule has 0 atom stereocenters. The molecular formula is C30H31N4O8+. The van der Waals surface area contributed by atoms with Gasteiger partial charge in [-0.05, 0) is 5.56 Å². The normalized spacial score (nSPS) is 10.8. The molecule has 4 aromatic rings. The number of phenolic OH excluding ortho intramolecular Hbond substituents is 1. The van der Waals surface area contributed by atoms with Crippen molar-refractivity contribution in [2.75, 3.05) is 20.2 Å². The molecular weight excluding hydrogens is 544 g/mol. The lowest BCUT2D eigenvalue weighted by atomic mass is 10.1. The van der Waals surface area contributed by atoms with E-state index in [0.717, 1.165) is 30.7 Å². The molecule has 0 amide bonds. The maximum atomic E-state index is 10.4. The van der Waals surface area contributed by atoms with Crippen LogP contribution < -0.4 is 0 Å². The second-order valence-corrected chi connectivity index (χ2v) is 9.77. The minimum Gasteiger partial charge on any atom is -0.497 e. The van der Waals surface area contributed by atoms with Crippen LogP contribution in [0.3, 0.4) is 0 Å². The Morgan fingerprint density at radius 1 is 0.667 bits per heavy atom. The van der Waals surface area contributed by atoms with Crippen LogP contribution in [0.25, 0.3) is 0 Å². The van der Waals surface area contributed by atoms with Gasteiger partial charge in [0.2, 0.25) is 0 Å². The molecule has 0 unspecified atom stereocenters. The second-order valence-electron chi connectivity index (χ2n) is 9.77. The summed E-state index contributed by atoms with van der Waals surface area (Å²) in [5, 5.41) is 40.2. The van der Waals surface area contributed by atoms with Crippen molar-refractivity contribution >= 4 is 17.1 Å². The van der Waals surface area contributed by atoms with Gasteiger partial charge in [-0.3, -0.25) is 30.3 Å². The van der Waals surface area contributed by atoms with Crippen LogP contribution in [0.2, 0.25) is 0 Å². The Kier molecular flexibility index (Phi) is 11.2. The molecule has 4 rings (SSSR count). The Morgan fingerprint density at radius 2 is 1.07 bits per heavy atom. The summed E-state index contributed by atoms with van der Waals surface area (Å²) in [7, 11) is 2.33. The van der Waals surface area contributed by atoms with E-state index < -0.39 is 37.6 Å². The number of aromatic hydroxyl groups is 1. The van der Waals surface area contributed by atoms with E-state index in [1.807, 2.05) is 6.07 Å². The second kappa shape index (κ2) is 15.0. The predicted molar refractivity (Wildman–Crippen MR) is 156 cm³/mol. The Balaban J connectivity index is 0.000000260. The van der Waals surface area contributed by atoms with Crippen molar-refractivity contribution in [1.82, 2.24) is 0 Å². The van der Waals surface area contributed by atoms with Gasteiger partial charge in [0.1, 0.15) is 19.6 Å².